The van der Waals surface area contributed by atoms with Crippen molar-refractivity contribution in [2.75, 3.05) is 5.32 Å². The van der Waals surface area contributed by atoms with E-state index in [1.165, 1.54) is 22.9 Å². The number of primary sulfonamides is 1. The molecule has 0 saturated carbocycles. The zero-order valence-corrected chi connectivity index (χ0v) is 17.6. The van der Waals surface area contributed by atoms with Gasteiger partial charge in [0, 0.05) is 5.39 Å². The first-order chi connectivity index (χ1) is 14.1. The van der Waals surface area contributed by atoms with Crippen molar-refractivity contribution in [1.29, 1.82) is 0 Å². The Morgan fingerprint density at radius 2 is 1.87 bits per heavy atom. The van der Waals surface area contributed by atoms with E-state index in [1.807, 2.05) is 13.8 Å². The molecule has 0 atom stereocenters. The maximum Gasteiger partial charge on any atom is 0.278 e. The van der Waals surface area contributed by atoms with E-state index in [1.54, 1.807) is 24.3 Å². The molecule has 0 radical (unpaired) electrons. The summed E-state index contributed by atoms with van der Waals surface area (Å²) in [7, 11) is -3.84. The van der Waals surface area contributed by atoms with Crippen LogP contribution in [0.4, 0.5) is 5.13 Å². The summed E-state index contributed by atoms with van der Waals surface area (Å²) in [4.78, 5) is 29.9. The maximum atomic E-state index is 13.0. The summed E-state index contributed by atoms with van der Waals surface area (Å²) in [6, 6.07) is 10.8. The third kappa shape index (κ3) is 3.58. The summed E-state index contributed by atoms with van der Waals surface area (Å²) >= 11 is 1.11. The van der Waals surface area contributed by atoms with Crippen LogP contribution < -0.4 is 16.0 Å². The normalized spacial score (nSPS) is 12.0. The van der Waals surface area contributed by atoms with E-state index in [0.717, 1.165) is 11.3 Å². The number of thiazole rings is 1. The van der Waals surface area contributed by atoms with Crippen LogP contribution in [0.2, 0.25) is 0 Å². The zero-order chi connectivity index (χ0) is 21.6. The Balaban J connectivity index is 1.76. The second-order valence-electron chi connectivity index (χ2n) is 6.89. The van der Waals surface area contributed by atoms with Gasteiger partial charge in [0.2, 0.25) is 10.0 Å². The summed E-state index contributed by atoms with van der Waals surface area (Å²) < 4.78 is 24.9. The molecule has 0 aliphatic heterocycles. The molecule has 9 nitrogen and oxygen atoms in total. The lowest BCUT2D eigenvalue weighted by molar-refractivity contribution is 0.102. The zero-order valence-electron chi connectivity index (χ0n) is 16.0. The van der Waals surface area contributed by atoms with Gasteiger partial charge in [0.1, 0.15) is 0 Å². The number of anilines is 1. The van der Waals surface area contributed by atoms with Gasteiger partial charge in [-0.3, -0.25) is 14.9 Å². The highest BCUT2D eigenvalue weighted by Gasteiger charge is 2.19. The Morgan fingerprint density at radius 3 is 2.53 bits per heavy atom. The van der Waals surface area contributed by atoms with Crippen molar-refractivity contribution in [3.8, 4) is 0 Å². The monoisotopic (exact) mass is 443 g/mol. The predicted molar refractivity (Wildman–Crippen MR) is 115 cm³/mol. The highest BCUT2D eigenvalue weighted by atomic mass is 32.2. The smallest absolute Gasteiger partial charge is 0.278 e. The summed E-state index contributed by atoms with van der Waals surface area (Å²) in [6.45, 7) is 3.61. The molecule has 0 spiro atoms. The minimum absolute atomic E-state index is 0.0341. The van der Waals surface area contributed by atoms with Crippen LogP contribution >= 0.6 is 11.3 Å². The van der Waals surface area contributed by atoms with Crippen LogP contribution in [-0.2, 0) is 10.0 Å². The summed E-state index contributed by atoms with van der Waals surface area (Å²) in [5.41, 5.74) is 0.351. The first-order valence-electron chi connectivity index (χ1n) is 8.91. The van der Waals surface area contributed by atoms with Crippen LogP contribution in [0.5, 0.6) is 0 Å². The molecule has 11 heteroatoms. The number of carbonyl (C=O) groups is 1. The molecule has 0 bridgehead atoms. The molecular formula is C19H17N5O4S2. The molecule has 30 heavy (non-hydrogen) atoms. The molecule has 0 fully saturated rings. The Hall–Kier alpha value is -3.15. The number of sulfonamides is 1. The fourth-order valence-corrected chi connectivity index (χ4v) is 4.53. The van der Waals surface area contributed by atoms with Crippen molar-refractivity contribution < 1.29 is 13.2 Å². The van der Waals surface area contributed by atoms with Crippen LogP contribution in [0, 0.1) is 0 Å². The average molecular weight is 444 g/mol. The van der Waals surface area contributed by atoms with Crippen molar-refractivity contribution in [3.63, 3.8) is 0 Å². The van der Waals surface area contributed by atoms with Gasteiger partial charge in [-0.15, -0.1) is 0 Å². The number of nitrogens with one attached hydrogen (secondary N) is 1. The number of hydrogen-bond donors (Lipinski definition) is 2. The summed E-state index contributed by atoms with van der Waals surface area (Å²) in [6.07, 6.45) is 0. The van der Waals surface area contributed by atoms with Gasteiger partial charge in [0.05, 0.1) is 26.5 Å². The second kappa shape index (κ2) is 7.27. The van der Waals surface area contributed by atoms with E-state index in [4.69, 9.17) is 5.14 Å². The minimum Gasteiger partial charge on any atom is -0.296 e. The lowest BCUT2D eigenvalue weighted by Crippen LogP contribution is -2.28. The topological polar surface area (TPSA) is 137 Å². The van der Waals surface area contributed by atoms with Crippen LogP contribution in [0.1, 0.15) is 30.4 Å². The number of nitrogens with two attached hydrogens (primary N) is 1. The molecule has 0 aliphatic carbocycles. The molecule has 0 unspecified atom stereocenters. The average Bonchev–Trinajstić information content (AvgIpc) is 3.08. The molecule has 3 N–H and O–H groups in total. The number of aromatic nitrogens is 3. The lowest BCUT2D eigenvalue weighted by Gasteiger charge is -2.12. The molecule has 2 aromatic heterocycles. The first-order valence-corrected chi connectivity index (χ1v) is 11.3. The van der Waals surface area contributed by atoms with E-state index in [9.17, 15) is 18.0 Å². The summed E-state index contributed by atoms with van der Waals surface area (Å²) in [5.74, 6) is -0.522. The van der Waals surface area contributed by atoms with Gasteiger partial charge >= 0.3 is 0 Å². The number of carbonyl (C=O) groups excluding carboxylic acids is 1. The fraction of sp³-hybridized carbons (Fsp3) is 0.158. The Kier molecular flexibility index (Phi) is 4.88. The molecular weight excluding hydrogens is 426 g/mol. The van der Waals surface area contributed by atoms with Crippen molar-refractivity contribution in [2.24, 2.45) is 5.14 Å². The molecule has 4 aromatic rings. The number of rotatable bonds is 4. The van der Waals surface area contributed by atoms with E-state index in [2.05, 4.69) is 15.4 Å². The quantitative estimate of drug-likeness (QED) is 0.497. The molecule has 2 heterocycles. The van der Waals surface area contributed by atoms with Gasteiger partial charge in [-0.1, -0.05) is 29.5 Å². The van der Waals surface area contributed by atoms with Crippen molar-refractivity contribution in [2.45, 2.75) is 24.8 Å². The number of fused-ring (bicyclic) bond motifs is 2. The van der Waals surface area contributed by atoms with E-state index in [-0.39, 0.29) is 27.3 Å². The van der Waals surface area contributed by atoms with Crippen molar-refractivity contribution in [3.05, 3.63) is 58.5 Å². The van der Waals surface area contributed by atoms with E-state index >= 15 is 0 Å². The molecule has 1 amide bonds. The van der Waals surface area contributed by atoms with Crippen LogP contribution in [0.15, 0.2) is 52.2 Å². The molecule has 2 aromatic carbocycles. The van der Waals surface area contributed by atoms with Gasteiger partial charge in [-0.2, -0.15) is 5.10 Å². The predicted octanol–water partition coefficient (Wildman–Crippen LogP) is 2.49. The largest absolute Gasteiger partial charge is 0.296 e. The van der Waals surface area contributed by atoms with Gasteiger partial charge in [-0.05, 0) is 38.1 Å². The highest BCUT2D eigenvalue weighted by molar-refractivity contribution is 7.89. The van der Waals surface area contributed by atoms with Crippen LogP contribution in [0.25, 0.3) is 21.0 Å². The molecule has 4 rings (SSSR count). The molecule has 154 valence electrons. The summed E-state index contributed by atoms with van der Waals surface area (Å²) in [5, 5.41) is 13.2. The Bertz CT molecular complexity index is 1470. The van der Waals surface area contributed by atoms with Crippen molar-refractivity contribution >= 4 is 53.4 Å². The van der Waals surface area contributed by atoms with Crippen LogP contribution in [0.3, 0.4) is 0 Å². The molecule has 0 aliphatic rings. The van der Waals surface area contributed by atoms with Gasteiger partial charge < -0.3 is 0 Å². The van der Waals surface area contributed by atoms with E-state index < -0.39 is 15.9 Å². The maximum absolute atomic E-state index is 13.0. The highest BCUT2D eigenvalue weighted by Crippen LogP contribution is 2.28. The van der Waals surface area contributed by atoms with Crippen LogP contribution in [-0.4, -0.2) is 29.1 Å². The number of nitrogens with zero attached hydrogens (tertiary/aromatic N) is 3. The minimum atomic E-state index is -3.84. The second-order valence-corrected chi connectivity index (χ2v) is 9.48. The Morgan fingerprint density at radius 1 is 1.17 bits per heavy atom. The molecule has 0 saturated heterocycles. The van der Waals surface area contributed by atoms with Gasteiger partial charge in [-0.25, -0.2) is 23.2 Å². The van der Waals surface area contributed by atoms with Gasteiger partial charge in [0.15, 0.2) is 10.8 Å². The van der Waals surface area contributed by atoms with Gasteiger partial charge in [0.25, 0.3) is 11.5 Å². The first kappa shape index (κ1) is 20.1. The Labute approximate surface area is 175 Å². The third-order valence-corrected chi connectivity index (χ3v) is 6.29. The SMILES string of the molecule is CC(C)n1nc(C(=O)Nc2nc3ccc(S(N)(=O)=O)cc3s2)c2ccccc2c1=O. The number of amides is 1. The van der Waals surface area contributed by atoms with E-state index in [0.29, 0.717) is 21.0 Å². The fourth-order valence-electron chi connectivity index (χ4n) is 3.02. The third-order valence-electron chi connectivity index (χ3n) is 4.44. The number of benzene rings is 2. The lowest BCUT2D eigenvalue weighted by atomic mass is 10.1. The standard InChI is InChI=1S/C19H17N5O4S2/c1-10(2)24-18(26)13-6-4-3-5-12(13)16(23-24)17(25)22-19-21-14-8-7-11(30(20,27)28)9-15(14)29-19/h3-10H,1-2H3,(H2,20,27,28)(H,21,22,25). The number of hydrogen-bond acceptors (Lipinski definition) is 7. The van der Waals surface area contributed by atoms with Crippen molar-refractivity contribution in [1.82, 2.24) is 14.8 Å².